The smallest absolute Gasteiger partial charge is 0.229 e. The Balaban J connectivity index is 1.66. The van der Waals surface area contributed by atoms with Crippen molar-refractivity contribution in [3.63, 3.8) is 0 Å². The molecule has 1 aromatic heterocycles. The van der Waals surface area contributed by atoms with Crippen molar-refractivity contribution in [1.82, 2.24) is 19.7 Å². The van der Waals surface area contributed by atoms with Crippen molar-refractivity contribution in [2.45, 2.75) is 25.3 Å². The molecule has 124 valence electrons. The van der Waals surface area contributed by atoms with Gasteiger partial charge in [0.25, 0.3) is 0 Å². The van der Waals surface area contributed by atoms with Crippen molar-refractivity contribution in [3.05, 3.63) is 30.1 Å². The lowest BCUT2D eigenvalue weighted by atomic mass is 10.1. The van der Waals surface area contributed by atoms with Gasteiger partial charge in [-0.3, -0.25) is 14.6 Å². The summed E-state index contributed by atoms with van der Waals surface area (Å²) >= 11 is 0. The second kappa shape index (κ2) is 7.55. The van der Waals surface area contributed by atoms with Gasteiger partial charge in [0.2, 0.25) is 12.3 Å². The van der Waals surface area contributed by atoms with Gasteiger partial charge in [-0.2, -0.15) is 0 Å². The number of hydrogen-bond donors (Lipinski definition) is 0. The molecule has 2 fully saturated rings. The third kappa shape index (κ3) is 4.07. The Morgan fingerprint density at radius 1 is 1.22 bits per heavy atom. The summed E-state index contributed by atoms with van der Waals surface area (Å²) in [4.78, 5) is 34.2. The standard InChI is InChI=1S/C17H24N4O2/c22-14-20-9-10-21(16(13-20)12-19-7-3-4-8-19)17(23)11-15-5-1-2-6-18-15/h1-2,5-6,14,16H,3-4,7-13H2/t16-/m0/s1. The van der Waals surface area contributed by atoms with E-state index in [1.165, 1.54) is 12.8 Å². The average Bonchev–Trinajstić information content (AvgIpc) is 3.08. The number of carbonyl (C=O) groups excluding carboxylic acids is 2. The highest BCUT2D eigenvalue weighted by atomic mass is 16.2. The monoisotopic (exact) mass is 316 g/mol. The molecule has 6 heteroatoms. The van der Waals surface area contributed by atoms with Gasteiger partial charge in [-0.15, -0.1) is 0 Å². The van der Waals surface area contributed by atoms with E-state index in [0.717, 1.165) is 31.7 Å². The quantitative estimate of drug-likeness (QED) is 0.738. The zero-order valence-electron chi connectivity index (χ0n) is 13.4. The maximum absolute atomic E-state index is 12.7. The van der Waals surface area contributed by atoms with Crippen LogP contribution in [0.4, 0.5) is 0 Å². The lowest BCUT2D eigenvalue weighted by Crippen LogP contribution is -2.58. The Labute approximate surface area is 137 Å². The van der Waals surface area contributed by atoms with Gasteiger partial charge in [0.1, 0.15) is 0 Å². The van der Waals surface area contributed by atoms with Crippen molar-refractivity contribution in [3.8, 4) is 0 Å². The predicted molar refractivity (Wildman–Crippen MR) is 86.8 cm³/mol. The first kappa shape index (κ1) is 15.9. The summed E-state index contributed by atoms with van der Waals surface area (Å²) in [5.41, 5.74) is 0.801. The molecule has 2 aliphatic rings. The molecule has 0 spiro atoms. The molecule has 0 bridgehead atoms. The van der Waals surface area contributed by atoms with Crippen molar-refractivity contribution >= 4 is 12.3 Å². The first-order valence-corrected chi connectivity index (χ1v) is 8.37. The average molecular weight is 316 g/mol. The van der Waals surface area contributed by atoms with Crippen molar-refractivity contribution in [2.75, 3.05) is 39.3 Å². The van der Waals surface area contributed by atoms with Gasteiger partial charge in [-0.05, 0) is 38.1 Å². The van der Waals surface area contributed by atoms with E-state index in [2.05, 4.69) is 9.88 Å². The molecular weight excluding hydrogens is 292 g/mol. The number of pyridine rings is 1. The third-order valence-corrected chi connectivity index (χ3v) is 4.71. The van der Waals surface area contributed by atoms with Gasteiger partial charge in [0.15, 0.2) is 0 Å². The number of rotatable bonds is 5. The molecule has 2 saturated heterocycles. The van der Waals surface area contributed by atoms with E-state index in [-0.39, 0.29) is 11.9 Å². The summed E-state index contributed by atoms with van der Waals surface area (Å²) in [7, 11) is 0. The maximum Gasteiger partial charge on any atom is 0.229 e. The Bertz CT molecular complexity index is 531. The molecule has 1 aromatic rings. The SMILES string of the molecule is O=CN1CCN(C(=O)Cc2ccccn2)[C@@H](CN2CCCC2)C1. The van der Waals surface area contributed by atoms with Crippen LogP contribution in [0.25, 0.3) is 0 Å². The van der Waals surface area contributed by atoms with Crippen molar-refractivity contribution in [1.29, 1.82) is 0 Å². The topological polar surface area (TPSA) is 56.8 Å². The van der Waals surface area contributed by atoms with Gasteiger partial charge >= 0.3 is 0 Å². The normalized spacial score (nSPS) is 22.3. The molecule has 2 amide bonds. The zero-order chi connectivity index (χ0) is 16.1. The molecule has 0 N–H and O–H groups in total. The van der Waals surface area contributed by atoms with E-state index >= 15 is 0 Å². The number of amides is 2. The van der Waals surface area contributed by atoms with Crippen LogP contribution in [0.1, 0.15) is 18.5 Å². The molecular formula is C17H24N4O2. The van der Waals surface area contributed by atoms with Crippen LogP contribution in [0, 0.1) is 0 Å². The minimum absolute atomic E-state index is 0.0864. The maximum atomic E-state index is 12.7. The summed E-state index contributed by atoms with van der Waals surface area (Å²) in [6, 6.07) is 5.73. The molecule has 6 nitrogen and oxygen atoms in total. The van der Waals surface area contributed by atoms with Gasteiger partial charge in [0, 0.05) is 38.1 Å². The fourth-order valence-corrected chi connectivity index (χ4v) is 3.48. The Hall–Kier alpha value is -1.95. The molecule has 0 aliphatic carbocycles. The number of aromatic nitrogens is 1. The van der Waals surface area contributed by atoms with Gasteiger partial charge < -0.3 is 14.7 Å². The van der Waals surface area contributed by atoms with Crippen LogP contribution in [0.15, 0.2) is 24.4 Å². The van der Waals surface area contributed by atoms with Crippen LogP contribution in [0.5, 0.6) is 0 Å². The molecule has 0 aromatic carbocycles. The first-order valence-electron chi connectivity index (χ1n) is 8.37. The highest BCUT2D eigenvalue weighted by Crippen LogP contribution is 2.15. The lowest BCUT2D eigenvalue weighted by molar-refractivity contribution is -0.138. The fraction of sp³-hybridized carbons (Fsp3) is 0.588. The summed E-state index contributed by atoms with van der Waals surface area (Å²) in [6.07, 6.45) is 5.41. The zero-order valence-corrected chi connectivity index (χ0v) is 13.4. The highest BCUT2D eigenvalue weighted by Gasteiger charge is 2.31. The van der Waals surface area contributed by atoms with Crippen molar-refractivity contribution < 1.29 is 9.59 Å². The summed E-state index contributed by atoms with van der Waals surface area (Å²) < 4.78 is 0. The number of hydrogen-bond acceptors (Lipinski definition) is 4. The molecule has 0 saturated carbocycles. The van der Waals surface area contributed by atoms with Crippen LogP contribution < -0.4 is 0 Å². The largest absolute Gasteiger partial charge is 0.341 e. The second-order valence-electron chi connectivity index (χ2n) is 6.35. The number of nitrogens with zero attached hydrogens (tertiary/aromatic N) is 4. The molecule has 3 heterocycles. The molecule has 1 atom stereocenters. The van der Waals surface area contributed by atoms with E-state index in [1.54, 1.807) is 11.1 Å². The van der Waals surface area contributed by atoms with E-state index in [0.29, 0.717) is 26.1 Å². The summed E-state index contributed by atoms with van der Waals surface area (Å²) in [5.74, 6) is 0.110. The van der Waals surface area contributed by atoms with Crippen molar-refractivity contribution in [2.24, 2.45) is 0 Å². The Kier molecular flexibility index (Phi) is 5.23. The Morgan fingerprint density at radius 2 is 2.04 bits per heavy atom. The lowest BCUT2D eigenvalue weighted by Gasteiger charge is -2.41. The van der Waals surface area contributed by atoms with Crippen LogP contribution in [0.3, 0.4) is 0 Å². The number of likely N-dealkylation sites (tertiary alicyclic amines) is 1. The molecule has 3 rings (SSSR count). The Morgan fingerprint density at radius 3 is 2.74 bits per heavy atom. The summed E-state index contributed by atoms with van der Waals surface area (Å²) in [6.45, 7) is 4.92. The van der Waals surface area contributed by atoms with Crippen LogP contribution in [0.2, 0.25) is 0 Å². The molecule has 0 radical (unpaired) electrons. The first-order chi connectivity index (χ1) is 11.3. The van der Waals surface area contributed by atoms with E-state index in [4.69, 9.17) is 0 Å². The van der Waals surface area contributed by atoms with E-state index < -0.39 is 0 Å². The van der Waals surface area contributed by atoms with E-state index in [9.17, 15) is 9.59 Å². The van der Waals surface area contributed by atoms with Gasteiger partial charge in [-0.25, -0.2) is 0 Å². The molecule has 0 unspecified atom stereocenters. The minimum Gasteiger partial charge on any atom is -0.341 e. The van der Waals surface area contributed by atoms with Crippen LogP contribution in [-0.2, 0) is 16.0 Å². The third-order valence-electron chi connectivity index (χ3n) is 4.71. The van der Waals surface area contributed by atoms with E-state index in [1.807, 2.05) is 23.1 Å². The molecule has 23 heavy (non-hydrogen) atoms. The predicted octanol–water partition coefficient (Wildman–Crippen LogP) is 0.389. The van der Waals surface area contributed by atoms with Gasteiger partial charge in [0.05, 0.1) is 12.5 Å². The van der Waals surface area contributed by atoms with Gasteiger partial charge in [-0.1, -0.05) is 6.07 Å². The number of piperazine rings is 1. The van der Waals surface area contributed by atoms with Crippen LogP contribution in [-0.4, -0.2) is 77.3 Å². The summed E-state index contributed by atoms with van der Waals surface area (Å²) in [5, 5.41) is 0. The fourth-order valence-electron chi connectivity index (χ4n) is 3.48. The minimum atomic E-state index is 0.0864. The molecule has 2 aliphatic heterocycles. The second-order valence-corrected chi connectivity index (χ2v) is 6.35. The number of carbonyl (C=O) groups is 2. The van der Waals surface area contributed by atoms with Crippen LogP contribution >= 0.6 is 0 Å². The highest BCUT2D eigenvalue weighted by molar-refractivity contribution is 5.79.